The lowest BCUT2D eigenvalue weighted by Gasteiger charge is -2.13. The Morgan fingerprint density at radius 3 is 2.54 bits per heavy atom. The van der Waals surface area contributed by atoms with Crippen LogP contribution in [0.25, 0.3) is 11.1 Å². The van der Waals surface area contributed by atoms with Crippen molar-refractivity contribution in [3.05, 3.63) is 36.2 Å². The summed E-state index contributed by atoms with van der Waals surface area (Å²) in [5, 5.41) is 2.98. The summed E-state index contributed by atoms with van der Waals surface area (Å²) in [6.07, 6.45) is 2.62. The largest absolute Gasteiger partial charge is 0.573 e. The minimum atomic E-state index is -4.90. The first-order valence-electron chi connectivity index (χ1n) is 6.70. The van der Waals surface area contributed by atoms with Crippen LogP contribution in [-0.2, 0) is 10.0 Å². The zero-order valence-corrected chi connectivity index (χ0v) is 13.5. The molecular formula is C15H13F3N2O3S. The summed E-state index contributed by atoms with van der Waals surface area (Å²) < 4.78 is 66.5. The second-order valence-electron chi connectivity index (χ2n) is 5.10. The number of nitrogens with zero attached hydrogens (tertiary/aromatic N) is 2. The zero-order valence-electron chi connectivity index (χ0n) is 12.7. The Kier molecular flexibility index (Phi) is 4.62. The summed E-state index contributed by atoms with van der Waals surface area (Å²) in [6.45, 7) is 2.93. The van der Waals surface area contributed by atoms with E-state index in [0.29, 0.717) is 9.65 Å². The van der Waals surface area contributed by atoms with Crippen LogP contribution in [0.15, 0.2) is 30.6 Å². The van der Waals surface area contributed by atoms with Gasteiger partial charge in [-0.25, -0.2) is 8.42 Å². The van der Waals surface area contributed by atoms with E-state index >= 15 is 0 Å². The maximum atomic E-state index is 12.5. The molecule has 0 aliphatic heterocycles. The summed E-state index contributed by atoms with van der Waals surface area (Å²) >= 11 is 0. The standard InChI is InChI=1S/C15H13F3N2O3S/c1-4-11-5-6-14(23-15(16,17)18)13(7-11)12-8-19-20(9-12)24(21,22)10(2)3/h1,5-10H,2-3H3. The molecular weight excluding hydrogens is 345 g/mol. The molecule has 128 valence electrons. The second-order valence-corrected chi connectivity index (χ2v) is 7.45. The van der Waals surface area contributed by atoms with E-state index in [9.17, 15) is 21.6 Å². The van der Waals surface area contributed by atoms with Crippen molar-refractivity contribution in [2.24, 2.45) is 0 Å². The molecule has 2 aromatic rings. The van der Waals surface area contributed by atoms with Gasteiger partial charge in [0, 0.05) is 16.7 Å². The fraction of sp³-hybridized carbons (Fsp3) is 0.267. The highest BCUT2D eigenvalue weighted by Gasteiger charge is 2.32. The average Bonchev–Trinajstić information content (AvgIpc) is 2.96. The topological polar surface area (TPSA) is 61.2 Å². The number of halogens is 3. The Bertz CT molecular complexity index is 893. The third-order valence-electron chi connectivity index (χ3n) is 3.10. The van der Waals surface area contributed by atoms with Crippen LogP contribution in [0.3, 0.4) is 0 Å². The molecule has 0 radical (unpaired) electrons. The number of hydrogen-bond acceptors (Lipinski definition) is 4. The molecule has 0 saturated heterocycles. The van der Waals surface area contributed by atoms with Gasteiger partial charge in [0.25, 0.3) is 10.0 Å². The molecule has 0 fully saturated rings. The smallest absolute Gasteiger partial charge is 0.405 e. The number of aromatic nitrogens is 2. The molecule has 0 amide bonds. The first-order chi connectivity index (χ1) is 11.0. The van der Waals surface area contributed by atoms with Crippen LogP contribution in [0.2, 0.25) is 0 Å². The van der Waals surface area contributed by atoms with Gasteiger partial charge in [-0.1, -0.05) is 5.92 Å². The SMILES string of the molecule is C#Cc1ccc(OC(F)(F)F)c(-c2cnn(S(=O)(=O)C(C)C)c2)c1. The van der Waals surface area contributed by atoms with Crippen molar-refractivity contribution in [2.45, 2.75) is 25.5 Å². The van der Waals surface area contributed by atoms with Crippen molar-refractivity contribution in [1.82, 2.24) is 9.19 Å². The first kappa shape index (κ1) is 17.9. The Morgan fingerprint density at radius 2 is 2.00 bits per heavy atom. The monoisotopic (exact) mass is 358 g/mol. The first-order valence-corrected chi connectivity index (χ1v) is 8.21. The molecule has 0 unspecified atom stereocenters. The highest BCUT2D eigenvalue weighted by atomic mass is 32.2. The summed E-state index contributed by atoms with van der Waals surface area (Å²) in [5.74, 6) is 1.80. The number of benzene rings is 1. The maximum absolute atomic E-state index is 12.5. The van der Waals surface area contributed by atoms with Crippen LogP contribution in [0.5, 0.6) is 5.75 Å². The Morgan fingerprint density at radius 1 is 1.33 bits per heavy atom. The molecule has 2 rings (SSSR count). The van der Waals surface area contributed by atoms with E-state index in [2.05, 4.69) is 15.8 Å². The van der Waals surface area contributed by atoms with E-state index in [1.807, 2.05) is 0 Å². The van der Waals surface area contributed by atoms with Crippen LogP contribution >= 0.6 is 0 Å². The molecule has 0 spiro atoms. The highest BCUT2D eigenvalue weighted by molar-refractivity contribution is 7.90. The normalized spacial score (nSPS) is 12.2. The minimum Gasteiger partial charge on any atom is -0.405 e. The van der Waals surface area contributed by atoms with Crippen molar-refractivity contribution in [3.8, 4) is 29.2 Å². The van der Waals surface area contributed by atoms with Crippen molar-refractivity contribution >= 4 is 10.0 Å². The molecule has 24 heavy (non-hydrogen) atoms. The van der Waals surface area contributed by atoms with Crippen molar-refractivity contribution in [3.63, 3.8) is 0 Å². The molecule has 9 heteroatoms. The Hall–Kier alpha value is -2.47. The van der Waals surface area contributed by atoms with Crippen LogP contribution in [-0.4, -0.2) is 29.2 Å². The quantitative estimate of drug-likeness (QED) is 0.789. The van der Waals surface area contributed by atoms with E-state index in [-0.39, 0.29) is 11.1 Å². The molecule has 5 nitrogen and oxygen atoms in total. The van der Waals surface area contributed by atoms with Gasteiger partial charge in [0.05, 0.1) is 17.6 Å². The fourth-order valence-corrected chi connectivity index (χ4v) is 2.73. The third-order valence-corrected chi connectivity index (χ3v) is 5.01. The lowest BCUT2D eigenvalue weighted by atomic mass is 10.1. The predicted octanol–water partition coefficient (Wildman–Crippen LogP) is 3.02. The Balaban J connectivity index is 2.56. The van der Waals surface area contributed by atoms with Gasteiger partial charge in [0.1, 0.15) is 5.75 Å². The van der Waals surface area contributed by atoms with Crippen molar-refractivity contribution in [2.75, 3.05) is 0 Å². The zero-order chi connectivity index (χ0) is 18.1. The predicted molar refractivity (Wildman–Crippen MR) is 81.7 cm³/mol. The van der Waals surface area contributed by atoms with Gasteiger partial charge in [-0.3, -0.25) is 0 Å². The molecule has 0 atom stereocenters. The number of rotatable bonds is 4. The van der Waals surface area contributed by atoms with Crippen LogP contribution in [0, 0.1) is 12.3 Å². The van der Waals surface area contributed by atoms with E-state index < -0.39 is 27.4 Å². The van der Waals surface area contributed by atoms with Crippen molar-refractivity contribution < 1.29 is 26.3 Å². The summed E-state index contributed by atoms with van der Waals surface area (Å²) in [7, 11) is -3.73. The molecule has 0 aliphatic carbocycles. The van der Waals surface area contributed by atoms with Gasteiger partial charge in [-0.2, -0.15) is 9.19 Å². The number of terminal acetylenes is 1. The maximum Gasteiger partial charge on any atom is 0.573 e. The number of ether oxygens (including phenoxy) is 1. The van der Waals surface area contributed by atoms with E-state index in [1.54, 1.807) is 0 Å². The number of alkyl halides is 3. The minimum absolute atomic E-state index is 0.00650. The van der Waals surface area contributed by atoms with Crippen LogP contribution in [0.4, 0.5) is 13.2 Å². The molecule has 0 aliphatic rings. The lowest BCUT2D eigenvalue weighted by Crippen LogP contribution is -2.22. The molecule has 1 aromatic heterocycles. The van der Waals surface area contributed by atoms with E-state index in [4.69, 9.17) is 6.42 Å². The van der Waals surface area contributed by atoms with E-state index in [1.165, 1.54) is 26.0 Å². The molecule has 0 bridgehead atoms. The molecule has 0 N–H and O–H groups in total. The molecule has 1 heterocycles. The second kappa shape index (κ2) is 6.20. The van der Waals surface area contributed by atoms with Crippen LogP contribution < -0.4 is 4.74 Å². The molecule has 0 saturated carbocycles. The van der Waals surface area contributed by atoms with Gasteiger partial charge < -0.3 is 4.74 Å². The summed E-state index contributed by atoms with van der Waals surface area (Å²) in [6, 6.07) is 3.66. The van der Waals surface area contributed by atoms with Gasteiger partial charge >= 0.3 is 6.36 Å². The summed E-state index contributed by atoms with van der Waals surface area (Å²) in [5.41, 5.74) is 0.447. The van der Waals surface area contributed by atoms with Crippen molar-refractivity contribution in [1.29, 1.82) is 0 Å². The van der Waals surface area contributed by atoms with Gasteiger partial charge in [-0.15, -0.1) is 19.6 Å². The average molecular weight is 358 g/mol. The van der Waals surface area contributed by atoms with Crippen LogP contribution in [0.1, 0.15) is 19.4 Å². The van der Waals surface area contributed by atoms with Gasteiger partial charge in [0.15, 0.2) is 0 Å². The van der Waals surface area contributed by atoms with Gasteiger partial charge in [-0.05, 0) is 32.0 Å². The molecule has 1 aromatic carbocycles. The lowest BCUT2D eigenvalue weighted by molar-refractivity contribution is -0.274. The fourth-order valence-electron chi connectivity index (χ4n) is 1.86. The summed E-state index contributed by atoms with van der Waals surface area (Å²) in [4.78, 5) is 0. The van der Waals surface area contributed by atoms with Gasteiger partial charge in [0.2, 0.25) is 0 Å². The van der Waals surface area contributed by atoms with E-state index in [0.717, 1.165) is 18.5 Å². The number of hydrogen-bond donors (Lipinski definition) is 0. The third kappa shape index (κ3) is 3.71. The Labute approximate surface area is 137 Å². The highest BCUT2D eigenvalue weighted by Crippen LogP contribution is 2.34.